The monoisotopic (exact) mass is 424 g/mol. The lowest BCUT2D eigenvalue weighted by Gasteiger charge is -2.33. The van der Waals surface area contributed by atoms with Gasteiger partial charge in [0, 0.05) is 43.8 Å². The normalized spacial score (nSPS) is 16.7. The SMILES string of the molecule is CCN1CCN(CCCNC(=O)c2cc(S(=O)(=O)NC(C)(C)C)ccc2C)CC1. The number of hydrogen-bond acceptors (Lipinski definition) is 5. The second kappa shape index (κ2) is 10.0. The molecule has 0 saturated carbocycles. The number of nitrogens with zero attached hydrogens (tertiary/aromatic N) is 2. The summed E-state index contributed by atoms with van der Waals surface area (Å²) in [6, 6.07) is 4.68. The van der Waals surface area contributed by atoms with Crippen LogP contribution >= 0.6 is 0 Å². The summed E-state index contributed by atoms with van der Waals surface area (Å²) in [6.45, 7) is 16.3. The molecule has 1 heterocycles. The molecule has 0 radical (unpaired) electrons. The van der Waals surface area contributed by atoms with E-state index in [4.69, 9.17) is 0 Å². The van der Waals surface area contributed by atoms with Gasteiger partial charge in [-0.05, 0) is 64.9 Å². The first-order valence-electron chi connectivity index (χ1n) is 10.4. The first-order valence-corrected chi connectivity index (χ1v) is 11.9. The first kappa shape index (κ1) is 23.8. The Morgan fingerprint density at radius 2 is 1.72 bits per heavy atom. The number of likely N-dealkylation sites (N-methyl/N-ethyl adjacent to an activating group) is 1. The van der Waals surface area contributed by atoms with E-state index in [2.05, 4.69) is 26.8 Å². The zero-order valence-electron chi connectivity index (χ0n) is 18.4. The molecule has 8 heteroatoms. The molecule has 0 spiro atoms. The van der Waals surface area contributed by atoms with Crippen molar-refractivity contribution in [1.82, 2.24) is 19.8 Å². The van der Waals surface area contributed by atoms with Crippen LogP contribution in [0.15, 0.2) is 23.1 Å². The molecule has 0 bridgehead atoms. The van der Waals surface area contributed by atoms with E-state index in [1.54, 1.807) is 26.8 Å². The molecule has 2 N–H and O–H groups in total. The van der Waals surface area contributed by atoms with Crippen molar-refractivity contribution in [3.05, 3.63) is 29.3 Å². The predicted molar refractivity (Wildman–Crippen MR) is 117 cm³/mol. The summed E-state index contributed by atoms with van der Waals surface area (Å²) < 4.78 is 27.7. The Morgan fingerprint density at radius 1 is 1.10 bits per heavy atom. The number of carbonyl (C=O) groups excluding carboxylic acids is 1. The highest BCUT2D eigenvalue weighted by atomic mass is 32.2. The summed E-state index contributed by atoms with van der Waals surface area (Å²) in [6.07, 6.45) is 0.875. The molecule has 1 aromatic rings. The number of sulfonamides is 1. The summed E-state index contributed by atoms with van der Waals surface area (Å²) in [5.74, 6) is -0.230. The first-order chi connectivity index (χ1) is 13.5. The van der Waals surface area contributed by atoms with E-state index in [0.29, 0.717) is 12.1 Å². The van der Waals surface area contributed by atoms with Crippen LogP contribution in [0.2, 0.25) is 0 Å². The Balaban J connectivity index is 1.90. The van der Waals surface area contributed by atoms with Crippen LogP contribution in [0.4, 0.5) is 0 Å². The van der Waals surface area contributed by atoms with Crippen LogP contribution < -0.4 is 10.0 Å². The van der Waals surface area contributed by atoms with Crippen molar-refractivity contribution in [2.75, 3.05) is 45.8 Å². The van der Waals surface area contributed by atoms with Crippen LogP contribution in [0.5, 0.6) is 0 Å². The van der Waals surface area contributed by atoms with Crippen LogP contribution in [0, 0.1) is 6.92 Å². The van der Waals surface area contributed by atoms with Gasteiger partial charge in [-0.25, -0.2) is 13.1 Å². The molecule has 1 fully saturated rings. The van der Waals surface area contributed by atoms with Gasteiger partial charge in [-0.3, -0.25) is 4.79 Å². The maximum atomic E-state index is 12.6. The van der Waals surface area contributed by atoms with Gasteiger partial charge in [0.05, 0.1) is 4.90 Å². The van der Waals surface area contributed by atoms with Gasteiger partial charge in [-0.2, -0.15) is 0 Å². The highest BCUT2D eigenvalue weighted by molar-refractivity contribution is 7.89. The van der Waals surface area contributed by atoms with Gasteiger partial charge in [-0.1, -0.05) is 13.0 Å². The maximum Gasteiger partial charge on any atom is 0.251 e. The molecule has 7 nitrogen and oxygen atoms in total. The Morgan fingerprint density at radius 3 is 2.31 bits per heavy atom. The topological polar surface area (TPSA) is 81.8 Å². The molecule has 29 heavy (non-hydrogen) atoms. The quantitative estimate of drug-likeness (QED) is 0.622. The molecule has 0 atom stereocenters. The third kappa shape index (κ3) is 7.37. The fraction of sp³-hybridized carbons (Fsp3) is 0.667. The van der Waals surface area contributed by atoms with Gasteiger partial charge in [-0.15, -0.1) is 0 Å². The van der Waals surface area contributed by atoms with Crippen molar-refractivity contribution in [3.8, 4) is 0 Å². The smallest absolute Gasteiger partial charge is 0.251 e. The van der Waals surface area contributed by atoms with E-state index < -0.39 is 15.6 Å². The van der Waals surface area contributed by atoms with Crippen LogP contribution in [-0.4, -0.2) is 75.5 Å². The highest BCUT2D eigenvalue weighted by Gasteiger charge is 2.23. The van der Waals surface area contributed by atoms with E-state index in [1.807, 2.05) is 6.92 Å². The van der Waals surface area contributed by atoms with Crippen molar-refractivity contribution >= 4 is 15.9 Å². The van der Waals surface area contributed by atoms with Gasteiger partial charge < -0.3 is 15.1 Å². The molecule has 1 aliphatic rings. The van der Waals surface area contributed by atoms with Crippen molar-refractivity contribution in [2.45, 2.75) is 51.5 Å². The number of nitrogens with one attached hydrogen (secondary N) is 2. The lowest BCUT2D eigenvalue weighted by Crippen LogP contribution is -2.46. The zero-order valence-corrected chi connectivity index (χ0v) is 19.2. The van der Waals surface area contributed by atoms with Crippen LogP contribution in [0.1, 0.15) is 50.0 Å². The molecule has 164 valence electrons. The van der Waals surface area contributed by atoms with Crippen molar-refractivity contribution in [3.63, 3.8) is 0 Å². The fourth-order valence-electron chi connectivity index (χ4n) is 3.40. The third-order valence-corrected chi connectivity index (χ3v) is 6.81. The second-order valence-electron chi connectivity index (χ2n) is 8.72. The van der Waals surface area contributed by atoms with Gasteiger partial charge >= 0.3 is 0 Å². The van der Waals surface area contributed by atoms with Gasteiger partial charge in [0.2, 0.25) is 10.0 Å². The molecule has 1 amide bonds. The third-order valence-electron chi connectivity index (χ3n) is 5.05. The van der Waals surface area contributed by atoms with E-state index in [1.165, 1.54) is 12.1 Å². The number of amides is 1. The summed E-state index contributed by atoms with van der Waals surface area (Å²) in [5, 5.41) is 2.93. The van der Waals surface area contributed by atoms with Gasteiger partial charge in [0.25, 0.3) is 5.91 Å². The lowest BCUT2D eigenvalue weighted by atomic mass is 10.1. The zero-order chi connectivity index (χ0) is 21.7. The molecular weight excluding hydrogens is 388 g/mol. The Bertz CT molecular complexity index is 795. The van der Waals surface area contributed by atoms with E-state index >= 15 is 0 Å². The standard InChI is InChI=1S/C21H36N4O3S/c1-6-24-12-14-25(15-13-24)11-7-10-22-20(26)19-16-18(9-8-17(19)2)29(27,28)23-21(3,4)5/h8-9,16,23H,6-7,10-15H2,1-5H3,(H,22,26). The van der Waals surface area contributed by atoms with Crippen LogP contribution in [-0.2, 0) is 10.0 Å². The number of aryl methyl sites for hydroxylation is 1. The Labute approximate surface area is 175 Å². The van der Waals surface area contributed by atoms with Crippen LogP contribution in [0.3, 0.4) is 0 Å². The predicted octanol–water partition coefficient (Wildman–Crippen LogP) is 1.83. The van der Waals surface area contributed by atoms with Crippen molar-refractivity contribution in [2.24, 2.45) is 0 Å². The summed E-state index contributed by atoms with van der Waals surface area (Å²) >= 11 is 0. The average Bonchev–Trinajstić information content (AvgIpc) is 2.63. The lowest BCUT2D eigenvalue weighted by molar-refractivity contribution is 0.0947. The number of carbonyl (C=O) groups is 1. The van der Waals surface area contributed by atoms with E-state index in [-0.39, 0.29) is 10.8 Å². The molecular formula is C21H36N4O3S. The minimum atomic E-state index is -3.68. The fourth-order valence-corrected chi connectivity index (χ4v) is 4.85. The molecule has 1 aliphatic heterocycles. The Kier molecular flexibility index (Phi) is 8.22. The minimum Gasteiger partial charge on any atom is -0.352 e. The van der Waals surface area contributed by atoms with E-state index in [9.17, 15) is 13.2 Å². The number of rotatable bonds is 8. The van der Waals surface area contributed by atoms with Crippen molar-refractivity contribution in [1.29, 1.82) is 0 Å². The minimum absolute atomic E-state index is 0.108. The van der Waals surface area contributed by atoms with Gasteiger partial charge in [0.1, 0.15) is 0 Å². The van der Waals surface area contributed by atoms with Crippen molar-refractivity contribution < 1.29 is 13.2 Å². The summed E-state index contributed by atoms with van der Waals surface area (Å²) in [7, 11) is -3.68. The molecule has 0 aromatic heterocycles. The highest BCUT2D eigenvalue weighted by Crippen LogP contribution is 2.17. The summed E-state index contributed by atoms with van der Waals surface area (Å²) in [4.78, 5) is 17.6. The largest absolute Gasteiger partial charge is 0.352 e. The second-order valence-corrected chi connectivity index (χ2v) is 10.4. The average molecular weight is 425 g/mol. The number of piperazine rings is 1. The molecule has 1 saturated heterocycles. The van der Waals surface area contributed by atoms with Crippen LogP contribution in [0.25, 0.3) is 0 Å². The molecule has 1 aromatic carbocycles. The molecule has 0 aliphatic carbocycles. The number of benzene rings is 1. The molecule has 0 unspecified atom stereocenters. The number of hydrogen-bond donors (Lipinski definition) is 2. The molecule has 2 rings (SSSR count). The Hall–Kier alpha value is -1.48. The van der Waals surface area contributed by atoms with Gasteiger partial charge in [0.15, 0.2) is 0 Å². The maximum absolute atomic E-state index is 12.6. The summed E-state index contributed by atoms with van der Waals surface area (Å²) in [5.41, 5.74) is 0.570. The van der Waals surface area contributed by atoms with E-state index in [0.717, 1.165) is 51.3 Å².